The lowest BCUT2D eigenvalue weighted by molar-refractivity contribution is 0.534. The fourth-order valence-corrected chi connectivity index (χ4v) is 2.60. The smallest absolute Gasteiger partial charge is 0.127 e. The molecule has 0 bridgehead atoms. The predicted molar refractivity (Wildman–Crippen MR) is 73.1 cm³/mol. The monoisotopic (exact) mass is 282 g/mol. The number of hydrogen-bond acceptors (Lipinski definition) is 3. The Hall–Kier alpha value is -1.33. The maximum absolute atomic E-state index is 13.5. The second kappa shape index (κ2) is 6.21. The first-order chi connectivity index (χ1) is 9.10. The van der Waals surface area contributed by atoms with Gasteiger partial charge in [-0.3, -0.25) is 0 Å². The second-order valence-electron chi connectivity index (χ2n) is 4.36. The number of nitrogens with one attached hydrogen (secondary N) is 1. The summed E-state index contributed by atoms with van der Waals surface area (Å²) in [6.45, 7) is 4.33. The van der Waals surface area contributed by atoms with E-state index in [2.05, 4.69) is 17.2 Å². The first-order valence-electron chi connectivity index (χ1n) is 6.22. The molecule has 102 valence electrons. The maximum atomic E-state index is 13.5. The molecule has 1 heterocycles. The molecule has 0 saturated heterocycles. The van der Waals surface area contributed by atoms with Crippen LogP contribution in [-0.2, 0) is 13.0 Å². The van der Waals surface area contributed by atoms with E-state index in [1.165, 1.54) is 10.9 Å². The van der Waals surface area contributed by atoms with Gasteiger partial charge >= 0.3 is 0 Å². The summed E-state index contributed by atoms with van der Waals surface area (Å²) in [5.41, 5.74) is 0.333. The van der Waals surface area contributed by atoms with Gasteiger partial charge in [0.05, 0.1) is 6.04 Å². The van der Waals surface area contributed by atoms with Crippen LogP contribution in [0.5, 0.6) is 0 Å². The summed E-state index contributed by atoms with van der Waals surface area (Å²) in [7, 11) is 0. The third-order valence-electron chi connectivity index (χ3n) is 2.90. The van der Waals surface area contributed by atoms with Gasteiger partial charge in [-0.15, -0.1) is 11.3 Å². The van der Waals surface area contributed by atoms with Crippen molar-refractivity contribution in [3.8, 4) is 0 Å². The molecule has 5 heteroatoms. The minimum Gasteiger partial charge on any atom is -0.304 e. The molecule has 0 aliphatic rings. The molecule has 0 radical (unpaired) electrons. The molecule has 2 rings (SSSR count). The largest absolute Gasteiger partial charge is 0.304 e. The van der Waals surface area contributed by atoms with Gasteiger partial charge in [-0.05, 0) is 31.5 Å². The second-order valence-corrected chi connectivity index (χ2v) is 5.50. The Balaban J connectivity index is 1.99. The highest BCUT2D eigenvalue weighted by molar-refractivity contribution is 7.11. The van der Waals surface area contributed by atoms with Crippen LogP contribution in [0.15, 0.2) is 24.4 Å². The lowest BCUT2D eigenvalue weighted by Gasteiger charge is -2.11. The quantitative estimate of drug-likeness (QED) is 0.901. The number of rotatable bonds is 5. The molecule has 0 aliphatic heterocycles. The van der Waals surface area contributed by atoms with Crippen molar-refractivity contribution in [2.24, 2.45) is 0 Å². The van der Waals surface area contributed by atoms with E-state index in [-0.39, 0.29) is 12.6 Å². The summed E-state index contributed by atoms with van der Waals surface area (Å²) in [5.74, 6) is -0.817. The van der Waals surface area contributed by atoms with Crippen LogP contribution in [0.4, 0.5) is 8.78 Å². The molecule has 0 saturated carbocycles. The van der Waals surface area contributed by atoms with Crippen molar-refractivity contribution in [1.29, 1.82) is 0 Å². The predicted octanol–water partition coefficient (Wildman–Crippen LogP) is 3.83. The Morgan fingerprint density at radius 1 is 1.37 bits per heavy atom. The zero-order chi connectivity index (χ0) is 13.8. The van der Waals surface area contributed by atoms with Crippen LogP contribution >= 0.6 is 11.3 Å². The Morgan fingerprint density at radius 3 is 2.84 bits per heavy atom. The van der Waals surface area contributed by atoms with Gasteiger partial charge in [0, 0.05) is 23.2 Å². The van der Waals surface area contributed by atoms with Crippen molar-refractivity contribution in [3.05, 3.63) is 51.5 Å². The van der Waals surface area contributed by atoms with E-state index in [9.17, 15) is 8.78 Å². The van der Waals surface area contributed by atoms with Crippen molar-refractivity contribution < 1.29 is 8.78 Å². The van der Waals surface area contributed by atoms with Gasteiger partial charge in [-0.1, -0.05) is 6.92 Å². The number of benzene rings is 1. The summed E-state index contributed by atoms with van der Waals surface area (Å²) in [6.07, 6.45) is 2.82. The van der Waals surface area contributed by atoms with Crippen LogP contribution in [0.2, 0.25) is 0 Å². The Kier molecular flexibility index (Phi) is 4.61. The first-order valence-corrected chi connectivity index (χ1v) is 7.03. The Labute approximate surface area is 115 Å². The lowest BCUT2D eigenvalue weighted by atomic mass is 10.2. The van der Waals surface area contributed by atoms with Gasteiger partial charge < -0.3 is 5.32 Å². The third-order valence-corrected chi connectivity index (χ3v) is 4.22. The zero-order valence-electron chi connectivity index (χ0n) is 10.9. The number of aryl methyl sites for hydroxylation is 1. The highest BCUT2D eigenvalue weighted by Gasteiger charge is 2.11. The molecule has 0 fully saturated rings. The van der Waals surface area contributed by atoms with E-state index in [0.717, 1.165) is 23.6 Å². The van der Waals surface area contributed by atoms with Gasteiger partial charge in [-0.25, -0.2) is 13.8 Å². The third kappa shape index (κ3) is 3.58. The van der Waals surface area contributed by atoms with Crippen LogP contribution in [-0.4, -0.2) is 4.98 Å². The fourth-order valence-electron chi connectivity index (χ4n) is 1.72. The zero-order valence-corrected chi connectivity index (χ0v) is 11.7. The lowest BCUT2D eigenvalue weighted by Crippen LogP contribution is -2.18. The molecule has 0 spiro atoms. The molecule has 1 aromatic carbocycles. The minimum absolute atomic E-state index is 0.0213. The average Bonchev–Trinajstić information content (AvgIpc) is 2.88. The molecule has 1 aromatic heterocycles. The highest BCUT2D eigenvalue weighted by Crippen LogP contribution is 2.21. The number of aromatic nitrogens is 1. The summed E-state index contributed by atoms with van der Waals surface area (Å²) < 4.78 is 26.5. The van der Waals surface area contributed by atoms with E-state index < -0.39 is 11.6 Å². The van der Waals surface area contributed by atoms with Crippen molar-refractivity contribution in [3.63, 3.8) is 0 Å². The molecule has 2 aromatic rings. The minimum atomic E-state index is -0.423. The molecular weight excluding hydrogens is 266 g/mol. The van der Waals surface area contributed by atoms with Crippen molar-refractivity contribution in [1.82, 2.24) is 10.3 Å². The molecule has 2 nitrogen and oxygen atoms in total. The summed E-state index contributed by atoms with van der Waals surface area (Å²) >= 11 is 1.64. The summed E-state index contributed by atoms with van der Waals surface area (Å²) in [6, 6.07) is 3.51. The summed E-state index contributed by atoms with van der Waals surface area (Å²) in [5, 5.41) is 4.13. The van der Waals surface area contributed by atoms with E-state index in [1.807, 2.05) is 13.1 Å². The highest BCUT2D eigenvalue weighted by atomic mass is 32.1. The van der Waals surface area contributed by atoms with E-state index in [1.54, 1.807) is 11.3 Å². The van der Waals surface area contributed by atoms with Gasteiger partial charge in [0.2, 0.25) is 0 Å². The van der Waals surface area contributed by atoms with Crippen LogP contribution in [0, 0.1) is 11.6 Å². The van der Waals surface area contributed by atoms with Crippen LogP contribution in [0.1, 0.15) is 35.3 Å². The van der Waals surface area contributed by atoms with Gasteiger partial charge in [0.15, 0.2) is 0 Å². The van der Waals surface area contributed by atoms with Crippen molar-refractivity contribution in [2.45, 2.75) is 32.9 Å². The topological polar surface area (TPSA) is 24.9 Å². The number of nitrogens with zero attached hydrogens (tertiary/aromatic N) is 1. The van der Waals surface area contributed by atoms with E-state index >= 15 is 0 Å². The number of thiazole rings is 1. The molecule has 1 N–H and O–H groups in total. The van der Waals surface area contributed by atoms with Crippen LogP contribution in [0.3, 0.4) is 0 Å². The van der Waals surface area contributed by atoms with E-state index in [4.69, 9.17) is 0 Å². The molecule has 0 amide bonds. The Bertz CT molecular complexity index is 554. The molecule has 1 atom stereocenters. The number of hydrogen-bond donors (Lipinski definition) is 1. The molecule has 0 aliphatic carbocycles. The van der Waals surface area contributed by atoms with Crippen molar-refractivity contribution in [2.75, 3.05) is 0 Å². The normalized spacial score (nSPS) is 12.6. The standard InChI is InChI=1S/C14H16F2N2S/c1-3-12-8-18-14(19-12)9(2)17-7-10-6-11(15)4-5-13(10)16/h4-6,8-9,17H,3,7H2,1-2H3. The van der Waals surface area contributed by atoms with Crippen molar-refractivity contribution >= 4 is 11.3 Å². The van der Waals surface area contributed by atoms with Gasteiger partial charge in [0.25, 0.3) is 0 Å². The van der Waals surface area contributed by atoms with E-state index in [0.29, 0.717) is 5.56 Å². The van der Waals surface area contributed by atoms with Gasteiger partial charge in [-0.2, -0.15) is 0 Å². The van der Waals surface area contributed by atoms with Gasteiger partial charge in [0.1, 0.15) is 16.6 Å². The number of halogens is 2. The molecular formula is C14H16F2N2S. The first kappa shape index (κ1) is 14.1. The molecule has 1 unspecified atom stereocenters. The Morgan fingerprint density at radius 2 is 2.16 bits per heavy atom. The fraction of sp³-hybridized carbons (Fsp3) is 0.357. The van der Waals surface area contributed by atoms with Crippen LogP contribution in [0.25, 0.3) is 0 Å². The van der Waals surface area contributed by atoms with Crippen LogP contribution < -0.4 is 5.32 Å². The SMILES string of the molecule is CCc1cnc(C(C)NCc2cc(F)ccc2F)s1. The molecule has 19 heavy (non-hydrogen) atoms. The average molecular weight is 282 g/mol. The maximum Gasteiger partial charge on any atom is 0.127 e. The summed E-state index contributed by atoms with van der Waals surface area (Å²) in [4.78, 5) is 5.55.